The van der Waals surface area contributed by atoms with Crippen LogP contribution in [-0.2, 0) is 0 Å². The fourth-order valence-corrected chi connectivity index (χ4v) is 2.51. The van der Waals surface area contributed by atoms with Crippen LogP contribution in [0.3, 0.4) is 0 Å². The van der Waals surface area contributed by atoms with Crippen LogP contribution in [0.25, 0.3) is 0 Å². The predicted octanol–water partition coefficient (Wildman–Crippen LogP) is 3.45. The summed E-state index contributed by atoms with van der Waals surface area (Å²) in [6.45, 7) is 13.5. The lowest BCUT2D eigenvalue weighted by Gasteiger charge is -2.31. The Balaban J connectivity index is 2.92. The van der Waals surface area contributed by atoms with Gasteiger partial charge in [-0.1, -0.05) is 32.9 Å². The van der Waals surface area contributed by atoms with E-state index in [1.54, 1.807) is 0 Å². The first kappa shape index (κ1) is 17.0. The van der Waals surface area contributed by atoms with Crippen molar-refractivity contribution in [2.24, 2.45) is 11.7 Å². The Morgan fingerprint density at radius 3 is 2.40 bits per heavy atom. The third-order valence-corrected chi connectivity index (χ3v) is 3.28. The molecule has 114 valence electrons. The molecule has 0 fully saturated rings. The fourth-order valence-electron chi connectivity index (χ4n) is 2.51. The molecule has 1 aromatic carbocycles. The van der Waals surface area contributed by atoms with Gasteiger partial charge in [-0.05, 0) is 44.0 Å². The first-order chi connectivity index (χ1) is 9.47. The van der Waals surface area contributed by atoms with Gasteiger partial charge in [-0.2, -0.15) is 0 Å². The highest BCUT2D eigenvalue weighted by molar-refractivity contribution is 5.31. The SMILES string of the molecule is CCN(CC(C)C)C(CN)c1cccc(OC(C)C)c1. The molecule has 3 heteroatoms. The van der Waals surface area contributed by atoms with Crippen molar-refractivity contribution >= 4 is 0 Å². The topological polar surface area (TPSA) is 38.5 Å². The highest BCUT2D eigenvalue weighted by atomic mass is 16.5. The molecule has 0 saturated carbocycles. The minimum Gasteiger partial charge on any atom is -0.491 e. The zero-order valence-electron chi connectivity index (χ0n) is 13.6. The maximum absolute atomic E-state index is 6.03. The Kier molecular flexibility index (Phi) is 7.03. The van der Waals surface area contributed by atoms with E-state index in [4.69, 9.17) is 10.5 Å². The number of ether oxygens (including phenoxy) is 1. The van der Waals surface area contributed by atoms with Crippen molar-refractivity contribution in [3.05, 3.63) is 29.8 Å². The Morgan fingerprint density at radius 1 is 1.20 bits per heavy atom. The van der Waals surface area contributed by atoms with Gasteiger partial charge in [-0.25, -0.2) is 0 Å². The smallest absolute Gasteiger partial charge is 0.120 e. The Hall–Kier alpha value is -1.06. The zero-order chi connectivity index (χ0) is 15.1. The van der Waals surface area contributed by atoms with E-state index in [2.05, 4.69) is 43.9 Å². The number of hydrogen-bond donors (Lipinski definition) is 1. The predicted molar refractivity (Wildman–Crippen MR) is 86.1 cm³/mol. The van der Waals surface area contributed by atoms with E-state index in [-0.39, 0.29) is 12.1 Å². The van der Waals surface area contributed by atoms with Crippen molar-refractivity contribution in [2.45, 2.75) is 46.8 Å². The van der Waals surface area contributed by atoms with Crippen molar-refractivity contribution in [1.82, 2.24) is 4.90 Å². The van der Waals surface area contributed by atoms with E-state index in [0.717, 1.165) is 18.8 Å². The molecule has 1 rings (SSSR count). The Bertz CT molecular complexity index is 390. The lowest BCUT2D eigenvalue weighted by molar-refractivity contribution is 0.188. The van der Waals surface area contributed by atoms with E-state index in [1.807, 2.05) is 19.9 Å². The molecular weight excluding hydrogens is 248 g/mol. The summed E-state index contributed by atoms with van der Waals surface area (Å²) in [5, 5.41) is 0. The summed E-state index contributed by atoms with van der Waals surface area (Å²) in [7, 11) is 0. The summed E-state index contributed by atoms with van der Waals surface area (Å²) in [5.41, 5.74) is 7.27. The second-order valence-electron chi connectivity index (χ2n) is 5.97. The summed E-state index contributed by atoms with van der Waals surface area (Å²) < 4.78 is 5.78. The molecule has 0 aliphatic carbocycles. The first-order valence-electron chi connectivity index (χ1n) is 7.68. The maximum Gasteiger partial charge on any atom is 0.120 e. The number of hydrogen-bond acceptors (Lipinski definition) is 3. The van der Waals surface area contributed by atoms with Gasteiger partial charge >= 0.3 is 0 Å². The van der Waals surface area contributed by atoms with Crippen molar-refractivity contribution < 1.29 is 4.74 Å². The summed E-state index contributed by atoms with van der Waals surface area (Å²) in [6, 6.07) is 8.60. The monoisotopic (exact) mass is 278 g/mol. The number of likely N-dealkylation sites (N-methyl/N-ethyl adjacent to an activating group) is 1. The van der Waals surface area contributed by atoms with E-state index in [1.165, 1.54) is 5.56 Å². The van der Waals surface area contributed by atoms with Crippen LogP contribution in [0.5, 0.6) is 5.75 Å². The van der Waals surface area contributed by atoms with E-state index >= 15 is 0 Å². The van der Waals surface area contributed by atoms with Gasteiger partial charge in [0.25, 0.3) is 0 Å². The Labute approximate surface area is 124 Å². The summed E-state index contributed by atoms with van der Waals surface area (Å²) in [6.07, 6.45) is 0.194. The molecule has 3 nitrogen and oxygen atoms in total. The van der Waals surface area contributed by atoms with Gasteiger partial charge in [0.15, 0.2) is 0 Å². The minimum atomic E-state index is 0.194. The van der Waals surface area contributed by atoms with Crippen LogP contribution in [0.1, 0.15) is 46.2 Å². The van der Waals surface area contributed by atoms with Crippen LogP contribution >= 0.6 is 0 Å². The average molecular weight is 278 g/mol. The molecular formula is C17H30N2O. The second kappa shape index (κ2) is 8.28. The van der Waals surface area contributed by atoms with Crippen LogP contribution in [0.15, 0.2) is 24.3 Å². The molecule has 0 aliphatic heterocycles. The molecule has 0 heterocycles. The normalized spacial score (nSPS) is 13.2. The van der Waals surface area contributed by atoms with Gasteiger partial charge in [0.1, 0.15) is 5.75 Å². The fraction of sp³-hybridized carbons (Fsp3) is 0.647. The van der Waals surface area contributed by atoms with E-state index in [0.29, 0.717) is 12.5 Å². The van der Waals surface area contributed by atoms with Gasteiger partial charge in [0.2, 0.25) is 0 Å². The molecule has 0 spiro atoms. The number of nitrogens with two attached hydrogens (primary N) is 1. The average Bonchev–Trinajstić information content (AvgIpc) is 2.37. The number of rotatable bonds is 8. The quantitative estimate of drug-likeness (QED) is 0.791. The van der Waals surface area contributed by atoms with E-state index in [9.17, 15) is 0 Å². The number of benzene rings is 1. The lowest BCUT2D eigenvalue weighted by Crippen LogP contribution is -2.36. The van der Waals surface area contributed by atoms with Crippen molar-refractivity contribution in [3.63, 3.8) is 0 Å². The highest BCUT2D eigenvalue weighted by Crippen LogP contribution is 2.24. The summed E-state index contributed by atoms with van der Waals surface area (Å²) in [4.78, 5) is 2.44. The standard InChI is InChI=1S/C17H30N2O/c1-6-19(12-13(2)3)17(11-18)15-8-7-9-16(10-15)20-14(4)5/h7-10,13-14,17H,6,11-12,18H2,1-5H3. The van der Waals surface area contributed by atoms with Crippen molar-refractivity contribution in [1.29, 1.82) is 0 Å². The minimum absolute atomic E-state index is 0.194. The second-order valence-corrected chi connectivity index (χ2v) is 5.97. The largest absolute Gasteiger partial charge is 0.491 e. The highest BCUT2D eigenvalue weighted by Gasteiger charge is 2.19. The van der Waals surface area contributed by atoms with Gasteiger partial charge in [-0.15, -0.1) is 0 Å². The van der Waals surface area contributed by atoms with Gasteiger partial charge in [0, 0.05) is 19.1 Å². The van der Waals surface area contributed by atoms with Crippen LogP contribution in [0, 0.1) is 5.92 Å². The van der Waals surface area contributed by atoms with Crippen LogP contribution in [0.4, 0.5) is 0 Å². The number of nitrogens with zero attached hydrogens (tertiary/aromatic N) is 1. The molecule has 0 bridgehead atoms. The molecule has 0 aliphatic rings. The van der Waals surface area contributed by atoms with Gasteiger partial charge < -0.3 is 10.5 Å². The van der Waals surface area contributed by atoms with Gasteiger partial charge in [-0.3, -0.25) is 4.90 Å². The zero-order valence-corrected chi connectivity index (χ0v) is 13.6. The van der Waals surface area contributed by atoms with E-state index < -0.39 is 0 Å². The third kappa shape index (κ3) is 5.14. The van der Waals surface area contributed by atoms with Crippen LogP contribution in [-0.4, -0.2) is 30.6 Å². The summed E-state index contributed by atoms with van der Waals surface area (Å²) in [5.74, 6) is 1.57. The molecule has 0 amide bonds. The van der Waals surface area contributed by atoms with Crippen LogP contribution < -0.4 is 10.5 Å². The first-order valence-corrected chi connectivity index (χ1v) is 7.68. The molecule has 20 heavy (non-hydrogen) atoms. The molecule has 2 N–H and O–H groups in total. The third-order valence-electron chi connectivity index (χ3n) is 3.28. The molecule has 1 aromatic rings. The molecule has 1 atom stereocenters. The van der Waals surface area contributed by atoms with Crippen molar-refractivity contribution in [3.8, 4) is 5.75 Å². The molecule has 0 radical (unpaired) electrons. The molecule has 0 aromatic heterocycles. The maximum atomic E-state index is 6.03. The van der Waals surface area contributed by atoms with Gasteiger partial charge in [0.05, 0.1) is 6.10 Å². The molecule has 1 unspecified atom stereocenters. The summed E-state index contributed by atoms with van der Waals surface area (Å²) >= 11 is 0. The Morgan fingerprint density at radius 2 is 1.90 bits per heavy atom. The lowest BCUT2D eigenvalue weighted by atomic mass is 10.0. The van der Waals surface area contributed by atoms with Crippen molar-refractivity contribution in [2.75, 3.05) is 19.6 Å². The molecule has 0 saturated heterocycles. The van der Waals surface area contributed by atoms with Crippen LogP contribution in [0.2, 0.25) is 0 Å².